The molecule has 3 rings (SSSR count). The van der Waals surface area contributed by atoms with Crippen molar-refractivity contribution in [3.05, 3.63) is 51.5 Å². The summed E-state index contributed by atoms with van der Waals surface area (Å²) in [7, 11) is 1.92. The molecule has 0 saturated heterocycles. The highest BCUT2D eigenvalue weighted by atomic mass is 35.5. The largest absolute Gasteiger partial charge is 0.382 e. The van der Waals surface area contributed by atoms with Crippen LogP contribution >= 0.6 is 23.4 Å². The zero-order valence-corrected chi connectivity index (χ0v) is 17.8. The van der Waals surface area contributed by atoms with E-state index in [1.54, 1.807) is 34.5 Å². The zero-order valence-electron chi connectivity index (χ0n) is 16.2. The fourth-order valence-electron chi connectivity index (χ4n) is 2.99. The number of hydrogen-bond acceptors (Lipinski definition) is 5. The third-order valence-electron chi connectivity index (χ3n) is 4.36. The maximum atomic E-state index is 13.0. The predicted molar refractivity (Wildman–Crippen MR) is 114 cm³/mol. The second-order valence-corrected chi connectivity index (χ2v) is 8.04. The number of thioether (sulfide) groups is 1. The van der Waals surface area contributed by atoms with Crippen LogP contribution in [0.15, 0.2) is 40.5 Å². The molecule has 0 radical (unpaired) electrons. The number of fused-ring (bicyclic) bond motifs is 1. The van der Waals surface area contributed by atoms with Crippen LogP contribution in [-0.4, -0.2) is 38.3 Å². The van der Waals surface area contributed by atoms with E-state index in [-0.39, 0.29) is 5.56 Å². The maximum absolute atomic E-state index is 13.0. The number of benzene rings is 1. The van der Waals surface area contributed by atoms with Crippen LogP contribution in [-0.2, 0) is 24.8 Å². The van der Waals surface area contributed by atoms with E-state index in [0.717, 1.165) is 30.2 Å². The molecular weight excluding hydrogens is 396 g/mol. The minimum absolute atomic E-state index is 0.0204. The average molecular weight is 421 g/mol. The van der Waals surface area contributed by atoms with Gasteiger partial charge in [-0.05, 0) is 49.9 Å². The first-order valence-electron chi connectivity index (χ1n) is 9.46. The van der Waals surface area contributed by atoms with E-state index in [0.29, 0.717) is 35.7 Å². The van der Waals surface area contributed by atoms with Gasteiger partial charge in [0.15, 0.2) is 5.16 Å². The van der Waals surface area contributed by atoms with Crippen molar-refractivity contribution in [2.24, 2.45) is 7.05 Å². The van der Waals surface area contributed by atoms with Gasteiger partial charge in [-0.15, -0.1) is 0 Å². The fourth-order valence-corrected chi connectivity index (χ4v) is 4.12. The van der Waals surface area contributed by atoms with Gasteiger partial charge in [0.05, 0.1) is 17.1 Å². The molecule has 1 aromatic carbocycles. The van der Waals surface area contributed by atoms with Gasteiger partial charge in [0.25, 0.3) is 5.56 Å². The molecule has 0 aliphatic rings. The summed E-state index contributed by atoms with van der Waals surface area (Å²) in [6.07, 6.45) is 6.64. The second-order valence-electron chi connectivity index (χ2n) is 6.54. The van der Waals surface area contributed by atoms with Gasteiger partial charge in [-0.2, -0.15) is 5.10 Å². The molecule has 150 valence electrons. The van der Waals surface area contributed by atoms with Crippen LogP contribution in [0.3, 0.4) is 0 Å². The number of aromatic nitrogens is 4. The second kappa shape index (κ2) is 10.1. The summed E-state index contributed by atoms with van der Waals surface area (Å²) in [5, 5.41) is 6.12. The molecule has 2 heterocycles. The van der Waals surface area contributed by atoms with Gasteiger partial charge in [0.2, 0.25) is 0 Å². The summed E-state index contributed by atoms with van der Waals surface area (Å²) in [5.74, 6) is 0.874. The third kappa shape index (κ3) is 5.37. The lowest BCUT2D eigenvalue weighted by Crippen LogP contribution is -2.24. The number of hydrogen-bond donors (Lipinski definition) is 0. The van der Waals surface area contributed by atoms with Gasteiger partial charge in [0.1, 0.15) is 0 Å². The molecule has 0 N–H and O–H groups in total. The van der Waals surface area contributed by atoms with Crippen molar-refractivity contribution >= 4 is 34.3 Å². The Morgan fingerprint density at radius 2 is 2.14 bits per heavy atom. The van der Waals surface area contributed by atoms with Crippen molar-refractivity contribution < 1.29 is 4.74 Å². The van der Waals surface area contributed by atoms with Gasteiger partial charge in [-0.3, -0.25) is 14.0 Å². The van der Waals surface area contributed by atoms with E-state index in [2.05, 4.69) is 5.10 Å². The summed E-state index contributed by atoms with van der Waals surface area (Å²) in [6.45, 7) is 3.87. The monoisotopic (exact) mass is 420 g/mol. The Kier molecular flexibility index (Phi) is 7.53. The van der Waals surface area contributed by atoms with E-state index >= 15 is 0 Å². The lowest BCUT2D eigenvalue weighted by molar-refractivity contribution is 0.140. The first kappa shape index (κ1) is 20.9. The Bertz CT molecular complexity index is 986. The Morgan fingerprint density at radius 3 is 2.89 bits per heavy atom. The molecule has 0 aliphatic carbocycles. The van der Waals surface area contributed by atoms with E-state index < -0.39 is 0 Å². The number of rotatable bonds is 10. The highest BCUT2D eigenvalue weighted by molar-refractivity contribution is 7.99. The van der Waals surface area contributed by atoms with E-state index in [9.17, 15) is 4.79 Å². The van der Waals surface area contributed by atoms with Crippen LogP contribution in [0.25, 0.3) is 10.9 Å². The van der Waals surface area contributed by atoms with Crippen LogP contribution in [0, 0.1) is 0 Å². The highest BCUT2D eigenvalue weighted by Gasteiger charge is 2.12. The maximum Gasteiger partial charge on any atom is 0.262 e. The summed E-state index contributed by atoms with van der Waals surface area (Å²) < 4.78 is 9.00. The van der Waals surface area contributed by atoms with Gasteiger partial charge < -0.3 is 4.74 Å². The van der Waals surface area contributed by atoms with E-state index in [1.165, 1.54) is 5.56 Å². The minimum Gasteiger partial charge on any atom is -0.382 e. The van der Waals surface area contributed by atoms with Gasteiger partial charge in [-0.1, -0.05) is 23.4 Å². The lowest BCUT2D eigenvalue weighted by atomic mass is 10.2. The highest BCUT2D eigenvalue weighted by Crippen LogP contribution is 2.21. The van der Waals surface area contributed by atoms with Crippen LogP contribution in [0.5, 0.6) is 0 Å². The molecule has 3 aromatic rings. The molecule has 0 aliphatic heterocycles. The van der Waals surface area contributed by atoms with Crippen molar-refractivity contribution in [3.63, 3.8) is 0 Å². The minimum atomic E-state index is -0.0204. The summed E-state index contributed by atoms with van der Waals surface area (Å²) in [4.78, 5) is 17.7. The average Bonchev–Trinajstić information content (AvgIpc) is 3.09. The first-order valence-corrected chi connectivity index (χ1v) is 10.8. The number of ether oxygens (including phenoxy) is 1. The summed E-state index contributed by atoms with van der Waals surface area (Å²) in [6, 6.07) is 5.24. The smallest absolute Gasteiger partial charge is 0.262 e. The van der Waals surface area contributed by atoms with Crippen molar-refractivity contribution in [1.29, 1.82) is 0 Å². The molecule has 0 amide bonds. The third-order valence-corrected chi connectivity index (χ3v) is 5.65. The van der Waals surface area contributed by atoms with Crippen molar-refractivity contribution in [1.82, 2.24) is 19.3 Å². The molecule has 6 nitrogen and oxygen atoms in total. The molecule has 0 bridgehead atoms. The van der Waals surface area contributed by atoms with Gasteiger partial charge in [0, 0.05) is 43.8 Å². The molecule has 2 aromatic heterocycles. The van der Waals surface area contributed by atoms with Crippen molar-refractivity contribution in [2.45, 2.75) is 37.9 Å². The van der Waals surface area contributed by atoms with Crippen molar-refractivity contribution in [3.8, 4) is 0 Å². The quantitative estimate of drug-likeness (QED) is 0.282. The SMILES string of the molecule is CCOCCCn1c(SCCCc2cnn(C)c2)nc2cc(Cl)ccc2c1=O. The standard InChI is InChI=1S/C20H25ClN4O2S/c1-3-27-10-5-9-25-19(26)17-8-7-16(21)12-18(17)23-20(25)28-11-4-6-15-13-22-24(2)14-15/h7-8,12-14H,3-6,9-11H2,1-2H3. The zero-order chi connectivity index (χ0) is 19.9. The van der Waals surface area contributed by atoms with Crippen LogP contribution in [0.4, 0.5) is 0 Å². The van der Waals surface area contributed by atoms with Crippen LogP contribution in [0.2, 0.25) is 5.02 Å². The lowest BCUT2D eigenvalue weighted by Gasteiger charge is -2.13. The predicted octanol–water partition coefficient (Wildman–Crippen LogP) is 3.93. The van der Waals surface area contributed by atoms with Gasteiger partial charge >= 0.3 is 0 Å². The first-order chi connectivity index (χ1) is 13.6. The molecule has 28 heavy (non-hydrogen) atoms. The summed E-state index contributed by atoms with van der Waals surface area (Å²) in [5.41, 5.74) is 1.84. The van der Waals surface area contributed by atoms with E-state index in [1.807, 2.05) is 31.0 Å². The Hall–Kier alpha value is -1.83. The number of halogens is 1. The molecule has 0 unspecified atom stereocenters. The van der Waals surface area contributed by atoms with Crippen LogP contribution in [0.1, 0.15) is 25.3 Å². The molecular formula is C20H25ClN4O2S. The summed E-state index contributed by atoms with van der Waals surface area (Å²) >= 11 is 7.71. The van der Waals surface area contributed by atoms with Crippen LogP contribution < -0.4 is 5.56 Å². The Balaban J connectivity index is 1.75. The normalized spacial score (nSPS) is 11.4. The molecule has 0 spiro atoms. The topological polar surface area (TPSA) is 61.9 Å². The number of aryl methyl sites for hydroxylation is 2. The molecule has 8 heteroatoms. The van der Waals surface area contributed by atoms with Crippen molar-refractivity contribution in [2.75, 3.05) is 19.0 Å². The Labute approximate surface area is 173 Å². The van der Waals surface area contributed by atoms with E-state index in [4.69, 9.17) is 21.3 Å². The molecule has 0 fully saturated rings. The van der Waals surface area contributed by atoms with Gasteiger partial charge in [-0.25, -0.2) is 4.98 Å². The fraction of sp³-hybridized carbons (Fsp3) is 0.450. The number of nitrogens with zero attached hydrogens (tertiary/aromatic N) is 4. The molecule has 0 saturated carbocycles. The Morgan fingerprint density at radius 1 is 1.29 bits per heavy atom. The molecule has 0 atom stereocenters.